The average molecular weight is 547 g/mol. The van der Waals surface area contributed by atoms with Crippen LogP contribution in [0.15, 0.2) is 69.2 Å². The fraction of sp³-hybridized carbons (Fsp3) is 0.308. The number of aromatic hydroxyl groups is 1. The molecule has 11 heteroatoms. The maximum atomic E-state index is 12.2. The molecule has 0 amide bonds. The topological polar surface area (TPSA) is 138 Å². The van der Waals surface area contributed by atoms with Crippen molar-refractivity contribution in [3.63, 3.8) is 0 Å². The normalized spacial score (nSPS) is 22.8. The highest BCUT2D eigenvalue weighted by molar-refractivity contribution is 7.87. The fourth-order valence-electron chi connectivity index (χ4n) is 5.48. The smallest absolute Gasteiger partial charge is 0.302 e. The number of ether oxygens (including phenoxy) is 1. The van der Waals surface area contributed by atoms with E-state index < -0.39 is 41.5 Å². The van der Waals surface area contributed by atoms with Gasteiger partial charge in [-0.3, -0.25) is 13.6 Å². The first-order valence-corrected chi connectivity index (χ1v) is 14.6. The molecule has 1 atom stereocenters. The molecule has 37 heavy (non-hydrogen) atoms. The number of hydrogen-bond acceptors (Lipinski definition) is 6. The van der Waals surface area contributed by atoms with Gasteiger partial charge in [-0.05, 0) is 61.6 Å². The Morgan fingerprint density at radius 2 is 1.76 bits per heavy atom. The van der Waals surface area contributed by atoms with Gasteiger partial charge in [0.2, 0.25) is 0 Å². The second-order valence-electron chi connectivity index (χ2n) is 10.3. The zero-order valence-corrected chi connectivity index (χ0v) is 22.2. The van der Waals surface area contributed by atoms with Crippen molar-refractivity contribution in [2.75, 3.05) is 14.1 Å². The van der Waals surface area contributed by atoms with Gasteiger partial charge in [0.25, 0.3) is 10.1 Å². The standard InChI is InChI=1S/C26H27NO8S2/c1-26(15-18-7-4-5-10-20(18)27(26,2)3)12-11-16-8-6-9-17-13-19-14-21(36(29,30)31)22(28)25(37(32,33)34)24(19)35-23(16)17/h4-5,7,10-14H,6,8-9,15H2,1-3H3,(H2-,28,29,30,31,32,33,34)/p+1. The third kappa shape index (κ3) is 4.11. The molecule has 2 aromatic rings. The Kier molecular flexibility index (Phi) is 5.74. The number of likely N-dealkylation sites (N-methyl/N-ethyl adjacent to an activating group) is 1. The first-order chi connectivity index (χ1) is 17.1. The van der Waals surface area contributed by atoms with Crippen LogP contribution >= 0.6 is 0 Å². The van der Waals surface area contributed by atoms with Gasteiger partial charge in [-0.25, -0.2) is 0 Å². The van der Waals surface area contributed by atoms with E-state index >= 15 is 0 Å². The molecule has 3 aliphatic rings. The van der Waals surface area contributed by atoms with Crippen LogP contribution in [0.1, 0.15) is 37.3 Å². The third-order valence-corrected chi connectivity index (χ3v) is 9.57. The van der Waals surface area contributed by atoms with Crippen molar-refractivity contribution in [2.24, 2.45) is 0 Å². The van der Waals surface area contributed by atoms with Crippen LogP contribution in [0.2, 0.25) is 0 Å². The number of benzene rings is 2. The van der Waals surface area contributed by atoms with Crippen molar-refractivity contribution in [1.82, 2.24) is 4.48 Å². The summed E-state index contributed by atoms with van der Waals surface area (Å²) >= 11 is 0. The van der Waals surface area contributed by atoms with Gasteiger partial charge in [-0.2, -0.15) is 16.8 Å². The lowest BCUT2D eigenvalue weighted by Gasteiger charge is -2.39. The molecule has 0 spiro atoms. The van der Waals surface area contributed by atoms with Crippen molar-refractivity contribution in [1.29, 1.82) is 0 Å². The Bertz CT molecular complexity index is 1650. The van der Waals surface area contributed by atoms with Crippen molar-refractivity contribution in [3.05, 3.63) is 70.5 Å². The van der Waals surface area contributed by atoms with E-state index in [2.05, 4.69) is 39.2 Å². The number of quaternary nitrogens is 1. The highest BCUT2D eigenvalue weighted by Crippen LogP contribution is 2.48. The maximum absolute atomic E-state index is 12.2. The molecule has 2 aromatic carbocycles. The predicted molar refractivity (Wildman–Crippen MR) is 139 cm³/mol. The first-order valence-electron chi connectivity index (χ1n) is 11.7. The van der Waals surface area contributed by atoms with Gasteiger partial charge in [0.05, 0.1) is 14.1 Å². The van der Waals surface area contributed by atoms with Crippen LogP contribution in [-0.2, 0) is 26.7 Å². The molecule has 196 valence electrons. The van der Waals surface area contributed by atoms with Gasteiger partial charge in [0.15, 0.2) is 16.4 Å². The Labute approximate surface area is 216 Å². The summed E-state index contributed by atoms with van der Waals surface area (Å²) in [5.41, 5.74) is 3.81. The summed E-state index contributed by atoms with van der Waals surface area (Å²) in [5.74, 6) is -1.29. The molecule has 0 radical (unpaired) electrons. The predicted octanol–water partition coefficient (Wildman–Crippen LogP) is 4.24. The number of hydrogen-bond donors (Lipinski definition) is 3. The van der Waals surface area contributed by atoms with Crippen LogP contribution < -0.4 is 9.22 Å². The quantitative estimate of drug-likeness (QED) is 0.382. The highest BCUT2D eigenvalue weighted by Gasteiger charge is 2.48. The van der Waals surface area contributed by atoms with E-state index in [1.165, 1.54) is 11.3 Å². The third-order valence-electron chi connectivity index (χ3n) is 7.81. The van der Waals surface area contributed by atoms with E-state index in [1.807, 2.05) is 18.2 Å². The zero-order chi connectivity index (χ0) is 27.0. The highest BCUT2D eigenvalue weighted by atomic mass is 32.2. The van der Waals surface area contributed by atoms with Crippen molar-refractivity contribution in [2.45, 2.75) is 47.9 Å². The summed E-state index contributed by atoms with van der Waals surface area (Å²) in [6.45, 7) is 2.18. The molecule has 0 saturated carbocycles. The minimum Gasteiger partial charge on any atom is -0.505 e. The summed E-state index contributed by atoms with van der Waals surface area (Å²) in [4.78, 5) is -2.14. The molecule has 2 aliphatic heterocycles. The van der Waals surface area contributed by atoms with Gasteiger partial charge >= 0.3 is 10.1 Å². The summed E-state index contributed by atoms with van der Waals surface area (Å²) in [6.07, 6.45) is 8.57. The number of nitrogens with zero attached hydrogens (tertiary/aromatic N) is 1. The summed E-state index contributed by atoms with van der Waals surface area (Å²) in [7, 11) is -5.79. The van der Waals surface area contributed by atoms with Crippen LogP contribution in [0.3, 0.4) is 0 Å². The van der Waals surface area contributed by atoms with Crippen molar-refractivity contribution in [3.8, 4) is 11.5 Å². The lowest BCUT2D eigenvalue weighted by molar-refractivity contribution is 0.255. The van der Waals surface area contributed by atoms with E-state index in [1.54, 1.807) is 6.08 Å². The monoisotopic (exact) mass is 546 g/mol. The lowest BCUT2D eigenvalue weighted by atomic mass is 9.88. The number of phenols is 1. The molecule has 0 saturated heterocycles. The lowest BCUT2D eigenvalue weighted by Crippen LogP contribution is -2.55. The zero-order valence-electron chi connectivity index (χ0n) is 20.6. The van der Waals surface area contributed by atoms with E-state index in [-0.39, 0.29) is 11.1 Å². The largest absolute Gasteiger partial charge is 0.505 e. The SMILES string of the molecule is CC1(C=CC2=C3Oc4c(cc(S(=O)(=O)O)c(O)c4S(=O)(=O)O)C=C3CCC2)Cc2ccccc2[N+]1(C)C. The Balaban J connectivity index is 1.62. The van der Waals surface area contributed by atoms with Crippen LogP contribution in [0, 0.1) is 0 Å². The number of fused-ring (bicyclic) bond motifs is 3. The molecule has 5 rings (SSSR count). The second kappa shape index (κ2) is 8.27. The van der Waals surface area contributed by atoms with Crippen LogP contribution in [-0.4, -0.2) is 50.7 Å². The van der Waals surface area contributed by atoms with E-state index in [9.17, 15) is 31.0 Å². The number of para-hydroxylation sites is 1. The molecule has 0 bridgehead atoms. The molecule has 0 aromatic heterocycles. The van der Waals surface area contributed by atoms with Crippen LogP contribution in [0.4, 0.5) is 5.69 Å². The van der Waals surface area contributed by atoms with Gasteiger partial charge in [0, 0.05) is 17.5 Å². The number of allylic oxidation sites excluding steroid dienone is 3. The summed E-state index contributed by atoms with van der Waals surface area (Å²) < 4.78 is 73.8. The van der Waals surface area contributed by atoms with E-state index in [0.29, 0.717) is 23.1 Å². The Morgan fingerprint density at radius 1 is 1.05 bits per heavy atom. The van der Waals surface area contributed by atoms with Gasteiger partial charge < -0.3 is 9.84 Å². The van der Waals surface area contributed by atoms with Crippen molar-refractivity contribution >= 4 is 32.0 Å². The molecule has 1 unspecified atom stereocenters. The average Bonchev–Trinajstić information content (AvgIpc) is 3.00. The Hall–Kier alpha value is -2.96. The van der Waals surface area contributed by atoms with Gasteiger partial charge in [-0.1, -0.05) is 24.3 Å². The maximum Gasteiger partial charge on any atom is 0.302 e. The second-order valence-corrected chi connectivity index (χ2v) is 13.1. The minimum absolute atomic E-state index is 0.0121. The number of phenolic OH excluding ortho intramolecular Hbond substituents is 1. The van der Waals surface area contributed by atoms with Crippen molar-refractivity contribution < 1.29 is 35.8 Å². The van der Waals surface area contributed by atoms with Gasteiger partial charge in [0.1, 0.15) is 21.9 Å². The first kappa shape index (κ1) is 25.7. The van der Waals surface area contributed by atoms with Crippen LogP contribution in [0.5, 0.6) is 11.5 Å². The minimum atomic E-state index is -5.12. The molecule has 0 fully saturated rings. The fourth-order valence-corrected chi connectivity index (χ4v) is 6.92. The summed E-state index contributed by atoms with van der Waals surface area (Å²) in [6, 6.07) is 9.24. The van der Waals surface area contributed by atoms with Crippen LogP contribution in [0.25, 0.3) is 6.08 Å². The number of rotatable bonds is 4. The summed E-state index contributed by atoms with van der Waals surface area (Å²) in [5, 5.41) is 10.4. The molecular formula is C26H28NO8S2+. The Morgan fingerprint density at radius 3 is 2.41 bits per heavy atom. The van der Waals surface area contributed by atoms with Gasteiger partial charge in [-0.15, -0.1) is 0 Å². The van der Waals surface area contributed by atoms with E-state index in [4.69, 9.17) is 4.74 Å². The molecule has 1 aliphatic carbocycles. The molecular weight excluding hydrogens is 518 g/mol. The molecule has 3 N–H and O–H groups in total. The molecule has 2 heterocycles. The van der Waals surface area contributed by atoms with E-state index in [0.717, 1.165) is 30.1 Å². The molecule has 9 nitrogen and oxygen atoms in total.